The molecule has 2 rings (SSSR count). The first-order valence-corrected chi connectivity index (χ1v) is 5.80. The van der Waals surface area contributed by atoms with Crippen molar-refractivity contribution in [3.63, 3.8) is 0 Å². The minimum atomic E-state index is -0.740. The molecule has 5 heteroatoms. The molecule has 0 atom stereocenters. The van der Waals surface area contributed by atoms with Crippen molar-refractivity contribution in [2.24, 2.45) is 5.41 Å². The van der Waals surface area contributed by atoms with Crippen molar-refractivity contribution in [1.82, 2.24) is 0 Å². The summed E-state index contributed by atoms with van der Waals surface area (Å²) in [5, 5.41) is 14.2. The van der Waals surface area contributed by atoms with Crippen LogP contribution in [0.4, 0.5) is 5.00 Å². The fraction of sp³-hybridized carbons (Fsp3) is 0.333. The Labute approximate surface area is 93.9 Å². The van der Waals surface area contributed by atoms with Gasteiger partial charge in [0.05, 0.1) is 11.1 Å². The topological polar surface area (TPSA) is 52.9 Å². The zero-order valence-electron chi connectivity index (χ0n) is 7.21. The van der Waals surface area contributed by atoms with E-state index in [-0.39, 0.29) is 5.91 Å². The van der Waals surface area contributed by atoms with E-state index >= 15 is 0 Å². The van der Waals surface area contributed by atoms with Crippen LogP contribution in [-0.2, 0) is 4.79 Å². The van der Waals surface area contributed by atoms with Gasteiger partial charge in [0.2, 0.25) is 5.91 Å². The van der Waals surface area contributed by atoms with Crippen molar-refractivity contribution < 1.29 is 4.79 Å². The Morgan fingerprint density at radius 3 is 2.86 bits per heavy atom. The number of thiophene rings is 1. The molecule has 0 spiro atoms. The standard InChI is InChI=1S/C9H7BrN2OS/c10-6-3-7(14-4-6)12-8(13)9(5-11)1-2-9/h3-4H,1-2H2,(H,12,13). The van der Waals surface area contributed by atoms with Gasteiger partial charge in [0, 0.05) is 9.85 Å². The highest BCUT2D eigenvalue weighted by atomic mass is 79.9. The van der Waals surface area contributed by atoms with Crippen LogP contribution in [0, 0.1) is 16.7 Å². The summed E-state index contributed by atoms with van der Waals surface area (Å²) in [7, 11) is 0. The van der Waals surface area contributed by atoms with Gasteiger partial charge in [0.15, 0.2) is 0 Å². The molecule has 0 bridgehead atoms. The average molecular weight is 271 g/mol. The van der Waals surface area contributed by atoms with Gasteiger partial charge in [0.1, 0.15) is 5.41 Å². The van der Waals surface area contributed by atoms with E-state index in [1.807, 2.05) is 11.4 Å². The fourth-order valence-corrected chi connectivity index (χ4v) is 2.44. The first-order chi connectivity index (χ1) is 6.66. The summed E-state index contributed by atoms with van der Waals surface area (Å²) in [5.41, 5.74) is -0.740. The van der Waals surface area contributed by atoms with Crippen molar-refractivity contribution in [1.29, 1.82) is 5.26 Å². The van der Waals surface area contributed by atoms with E-state index in [0.29, 0.717) is 12.8 Å². The SMILES string of the molecule is N#CC1(C(=O)Nc2cc(Br)cs2)CC1. The maximum Gasteiger partial charge on any atom is 0.245 e. The lowest BCUT2D eigenvalue weighted by atomic mass is 10.1. The van der Waals surface area contributed by atoms with Crippen LogP contribution < -0.4 is 5.32 Å². The van der Waals surface area contributed by atoms with Crippen molar-refractivity contribution in [2.45, 2.75) is 12.8 Å². The Bertz CT molecular complexity index is 417. The molecule has 0 aliphatic heterocycles. The Kier molecular flexibility index (Phi) is 2.33. The predicted molar refractivity (Wildman–Crippen MR) is 57.9 cm³/mol. The van der Waals surface area contributed by atoms with E-state index in [1.165, 1.54) is 11.3 Å². The molecule has 1 aromatic rings. The molecule has 1 amide bonds. The number of carbonyl (C=O) groups is 1. The van der Waals surface area contributed by atoms with Crippen molar-refractivity contribution in [3.05, 3.63) is 15.9 Å². The van der Waals surface area contributed by atoms with E-state index in [9.17, 15) is 4.79 Å². The summed E-state index contributed by atoms with van der Waals surface area (Å²) >= 11 is 4.74. The van der Waals surface area contributed by atoms with Gasteiger partial charge in [-0.15, -0.1) is 11.3 Å². The molecule has 1 aliphatic rings. The summed E-state index contributed by atoms with van der Waals surface area (Å²) in [6.07, 6.45) is 1.36. The molecule has 1 aromatic heterocycles. The minimum Gasteiger partial charge on any atom is -0.316 e. The average Bonchev–Trinajstić information content (AvgIpc) is 2.87. The van der Waals surface area contributed by atoms with Crippen molar-refractivity contribution in [3.8, 4) is 6.07 Å². The molecule has 14 heavy (non-hydrogen) atoms. The van der Waals surface area contributed by atoms with Gasteiger partial charge in [-0.25, -0.2) is 0 Å². The van der Waals surface area contributed by atoms with Crippen LogP contribution in [-0.4, -0.2) is 5.91 Å². The zero-order chi connectivity index (χ0) is 10.2. The minimum absolute atomic E-state index is 0.172. The number of carbonyl (C=O) groups excluding carboxylic acids is 1. The fourth-order valence-electron chi connectivity index (χ4n) is 1.12. The number of amides is 1. The van der Waals surface area contributed by atoms with Crippen LogP contribution in [0.1, 0.15) is 12.8 Å². The first-order valence-electron chi connectivity index (χ1n) is 4.13. The van der Waals surface area contributed by atoms with Crippen molar-refractivity contribution >= 4 is 38.2 Å². The maximum absolute atomic E-state index is 11.6. The molecule has 3 nitrogen and oxygen atoms in total. The summed E-state index contributed by atoms with van der Waals surface area (Å²) < 4.78 is 0.944. The molecule has 1 N–H and O–H groups in total. The first kappa shape index (κ1) is 9.69. The summed E-state index contributed by atoms with van der Waals surface area (Å²) in [4.78, 5) is 11.6. The molecule has 0 aromatic carbocycles. The Hall–Kier alpha value is -0.860. The number of nitriles is 1. The molecule has 0 radical (unpaired) electrons. The van der Waals surface area contributed by atoms with Crippen LogP contribution in [0.15, 0.2) is 15.9 Å². The van der Waals surface area contributed by atoms with E-state index in [2.05, 4.69) is 27.3 Å². The van der Waals surface area contributed by atoms with Gasteiger partial charge in [-0.05, 0) is 34.8 Å². The lowest BCUT2D eigenvalue weighted by Crippen LogP contribution is -2.22. The summed E-state index contributed by atoms with van der Waals surface area (Å²) in [6, 6.07) is 3.89. The third-order valence-corrected chi connectivity index (χ3v) is 3.81. The van der Waals surface area contributed by atoms with Gasteiger partial charge in [-0.1, -0.05) is 0 Å². The van der Waals surface area contributed by atoms with E-state index in [4.69, 9.17) is 5.26 Å². The van der Waals surface area contributed by atoms with E-state index in [1.54, 1.807) is 0 Å². The molecular formula is C9H7BrN2OS. The van der Waals surface area contributed by atoms with Gasteiger partial charge < -0.3 is 5.32 Å². The number of nitrogens with one attached hydrogen (secondary N) is 1. The molecule has 1 saturated carbocycles. The third kappa shape index (κ3) is 1.68. The van der Waals surface area contributed by atoms with Crippen LogP contribution in [0.5, 0.6) is 0 Å². The second-order valence-corrected chi connectivity index (χ2v) is 5.10. The van der Waals surface area contributed by atoms with Gasteiger partial charge in [0.25, 0.3) is 0 Å². The molecule has 0 saturated heterocycles. The Morgan fingerprint density at radius 1 is 1.71 bits per heavy atom. The lowest BCUT2D eigenvalue weighted by Gasteiger charge is -2.04. The number of anilines is 1. The van der Waals surface area contributed by atoms with E-state index in [0.717, 1.165) is 9.47 Å². The van der Waals surface area contributed by atoms with Crippen LogP contribution in [0.2, 0.25) is 0 Å². The smallest absolute Gasteiger partial charge is 0.245 e. The zero-order valence-corrected chi connectivity index (χ0v) is 9.61. The van der Waals surface area contributed by atoms with Crippen LogP contribution in [0.25, 0.3) is 0 Å². The molecule has 0 unspecified atom stereocenters. The Balaban J connectivity index is 2.06. The van der Waals surface area contributed by atoms with Gasteiger partial charge in [-0.3, -0.25) is 4.79 Å². The predicted octanol–water partition coefficient (Wildman–Crippen LogP) is 2.75. The van der Waals surface area contributed by atoms with Crippen molar-refractivity contribution in [2.75, 3.05) is 5.32 Å². The molecule has 1 aliphatic carbocycles. The summed E-state index contributed by atoms with van der Waals surface area (Å²) in [6.45, 7) is 0. The third-order valence-electron chi connectivity index (χ3n) is 2.20. The summed E-state index contributed by atoms with van der Waals surface area (Å²) in [5.74, 6) is -0.172. The normalized spacial score (nSPS) is 17.1. The van der Waals surface area contributed by atoms with Crippen LogP contribution >= 0.6 is 27.3 Å². The molecule has 1 fully saturated rings. The Morgan fingerprint density at radius 2 is 2.43 bits per heavy atom. The number of halogens is 1. The number of nitrogens with zero attached hydrogens (tertiary/aromatic N) is 1. The highest BCUT2D eigenvalue weighted by Crippen LogP contribution is 2.46. The molecule has 72 valence electrons. The van der Waals surface area contributed by atoms with Gasteiger partial charge >= 0.3 is 0 Å². The van der Waals surface area contributed by atoms with Crippen LogP contribution in [0.3, 0.4) is 0 Å². The molecular weight excluding hydrogens is 264 g/mol. The lowest BCUT2D eigenvalue weighted by molar-refractivity contribution is -0.119. The monoisotopic (exact) mass is 270 g/mol. The molecule has 1 heterocycles. The number of rotatable bonds is 2. The van der Waals surface area contributed by atoms with E-state index < -0.39 is 5.41 Å². The van der Waals surface area contributed by atoms with Gasteiger partial charge in [-0.2, -0.15) is 5.26 Å². The second-order valence-electron chi connectivity index (χ2n) is 3.28. The largest absolute Gasteiger partial charge is 0.316 e. The highest BCUT2D eigenvalue weighted by Gasteiger charge is 2.50. The number of hydrogen-bond donors (Lipinski definition) is 1. The quantitative estimate of drug-likeness (QED) is 0.899. The second kappa shape index (κ2) is 3.37. The highest BCUT2D eigenvalue weighted by molar-refractivity contribution is 9.10. The maximum atomic E-state index is 11.6. The number of hydrogen-bond acceptors (Lipinski definition) is 3.